The summed E-state index contributed by atoms with van der Waals surface area (Å²) in [6, 6.07) is 0.466. The molecule has 1 aromatic heterocycles. The lowest BCUT2D eigenvalue weighted by atomic mass is 10.1. The molecule has 1 aromatic rings. The minimum atomic E-state index is 0.466. The second-order valence-corrected chi connectivity index (χ2v) is 6.83. The molecule has 6 heteroatoms. The first-order valence-corrected chi connectivity index (χ1v) is 10.6. The van der Waals surface area contributed by atoms with Crippen molar-refractivity contribution in [1.82, 2.24) is 9.97 Å². The molecule has 0 aromatic carbocycles. The van der Waals surface area contributed by atoms with E-state index in [0.29, 0.717) is 12.0 Å². The summed E-state index contributed by atoms with van der Waals surface area (Å²) in [7, 11) is 1.42. The van der Waals surface area contributed by atoms with Crippen LogP contribution in [0.3, 0.4) is 0 Å². The lowest BCUT2D eigenvalue weighted by molar-refractivity contribution is 0.294. The number of halogens is 1. The molecule has 1 saturated carbocycles. The van der Waals surface area contributed by atoms with Crippen molar-refractivity contribution in [3.63, 3.8) is 0 Å². The minimum Gasteiger partial charge on any atom is -0.330 e. The molecule has 2 unspecified atom stereocenters. The molecule has 0 saturated heterocycles. The molecule has 0 spiro atoms. The molecular formula is C15H22IN3OS. The molecule has 2 atom stereocenters. The van der Waals surface area contributed by atoms with Crippen LogP contribution in [0.5, 0.6) is 0 Å². The summed E-state index contributed by atoms with van der Waals surface area (Å²) >= 11 is 2.17. The van der Waals surface area contributed by atoms with Gasteiger partial charge in [-0.2, -0.15) is 0 Å². The average molecular weight is 419 g/mol. The zero-order chi connectivity index (χ0) is 15.2. The van der Waals surface area contributed by atoms with Gasteiger partial charge in [-0.3, -0.25) is 0 Å². The van der Waals surface area contributed by atoms with E-state index in [1.165, 1.54) is 21.2 Å². The van der Waals surface area contributed by atoms with Gasteiger partial charge in [-0.25, -0.2) is 9.97 Å². The summed E-state index contributed by atoms with van der Waals surface area (Å²) in [6.45, 7) is 9.06. The third-order valence-electron chi connectivity index (χ3n) is 4.19. The maximum atomic E-state index is 5.48. The molecule has 1 fully saturated rings. The third kappa shape index (κ3) is 4.10. The molecule has 4 nitrogen and oxygen atoms in total. The number of hydrogen-bond acceptors (Lipinski definition) is 5. The van der Waals surface area contributed by atoms with Crippen LogP contribution in [-0.2, 0) is 10.6 Å². The molecular weight excluding hydrogens is 397 g/mol. The monoisotopic (exact) mass is 419 g/mol. The lowest BCUT2D eigenvalue weighted by Gasteiger charge is -2.28. The van der Waals surface area contributed by atoms with Crippen molar-refractivity contribution >= 4 is 36.2 Å². The molecule has 116 valence electrons. The third-order valence-corrected chi connectivity index (χ3v) is 5.18. The van der Waals surface area contributed by atoms with E-state index in [1.54, 1.807) is 6.33 Å². The number of rotatable bonds is 7. The first-order valence-electron chi connectivity index (χ1n) is 7.32. The van der Waals surface area contributed by atoms with Crippen LogP contribution in [0.4, 0.5) is 5.82 Å². The molecule has 1 aliphatic carbocycles. The highest BCUT2D eigenvalue weighted by Crippen LogP contribution is 2.34. The molecule has 1 aliphatic rings. The van der Waals surface area contributed by atoms with Gasteiger partial charge in [0.25, 0.3) is 0 Å². The van der Waals surface area contributed by atoms with Gasteiger partial charge in [-0.05, 0) is 44.7 Å². The Balaban J connectivity index is 2.12. The Kier molecular flexibility index (Phi) is 6.75. The van der Waals surface area contributed by atoms with Gasteiger partial charge in [0.2, 0.25) is 0 Å². The molecule has 2 rings (SSSR count). The van der Waals surface area contributed by atoms with Crippen LogP contribution in [0.15, 0.2) is 19.1 Å². The molecule has 1 heterocycles. The van der Waals surface area contributed by atoms with Crippen molar-refractivity contribution in [2.45, 2.75) is 45.6 Å². The van der Waals surface area contributed by atoms with Crippen molar-refractivity contribution in [1.29, 1.82) is 0 Å². The van der Waals surface area contributed by atoms with Gasteiger partial charge < -0.3 is 9.08 Å². The smallest absolute Gasteiger partial charge is 0.139 e. The maximum absolute atomic E-state index is 5.48. The van der Waals surface area contributed by atoms with Crippen LogP contribution in [0.1, 0.15) is 37.4 Å². The fourth-order valence-electron chi connectivity index (χ4n) is 3.08. The van der Waals surface area contributed by atoms with Crippen molar-refractivity contribution in [2.75, 3.05) is 11.5 Å². The van der Waals surface area contributed by atoms with E-state index in [9.17, 15) is 0 Å². The van der Waals surface area contributed by atoms with Crippen LogP contribution in [0, 0.1) is 12.8 Å². The van der Waals surface area contributed by atoms with E-state index >= 15 is 0 Å². The van der Waals surface area contributed by atoms with E-state index < -0.39 is 0 Å². The second-order valence-electron chi connectivity index (χ2n) is 5.39. The summed E-state index contributed by atoms with van der Waals surface area (Å²) in [5.74, 6) is 1.64. The Hall–Kier alpha value is -0.340. The van der Waals surface area contributed by atoms with Crippen molar-refractivity contribution in [3.05, 3.63) is 30.4 Å². The summed E-state index contributed by atoms with van der Waals surface area (Å²) in [6.07, 6.45) is 8.01. The summed E-state index contributed by atoms with van der Waals surface area (Å²) in [5.41, 5.74) is 2.29. The number of hydrogen-bond donors (Lipinski definition) is 0. The zero-order valence-electron chi connectivity index (χ0n) is 12.6. The first kappa shape index (κ1) is 17.0. The van der Waals surface area contributed by atoms with Crippen LogP contribution >= 0.6 is 30.4 Å². The average Bonchev–Trinajstić information content (AvgIpc) is 2.96. The highest BCUT2D eigenvalue weighted by atomic mass is 127. The Labute approximate surface area is 143 Å². The van der Waals surface area contributed by atoms with E-state index in [-0.39, 0.29) is 0 Å². The Morgan fingerprint density at radius 1 is 1.52 bits per heavy atom. The van der Waals surface area contributed by atoms with Gasteiger partial charge in [0.1, 0.15) is 12.1 Å². The van der Waals surface area contributed by atoms with Gasteiger partial charge in [-0.1, -0.05) is 13.5 Å². The second kappa shape index (κ2) is 8.33. The molecule has 0 radical (unpaired) electrons. The zero-order valence-corrected chi connectivity index (χ0v) is 15.6. The quantitative estimate of drug-likeness (QED) is 0.481. The van der Waals surface area contributed by atoms with Crippen molar-refractivity contribution in [3.8, 4) is 0 Å². The molecule has 0 aliphatic heterocycles. The summed E-state index contributed by atoms with van der Waals surface area (Å²) < 4.78 is 5.48. The maximum Gasteiger partial charge on any atom is 0.139 e. The van der Waals surface area contributed by atoms with Crippen molar-refractivity contribution in [2.24, 2.45) is 5.92 Å². The fourth-order valence-corrected chi connectivity index (χ4v) is 3.76. The predicted octanol–water partition coefficient (Wildman–Crippen LogP) is 4.48. The molecule has 0 amide bonds. The number of aromatic nitrogens is 2. The highest BCUT2D eigenvalue weighted by molar-refractivity contribution is 14.2. The Bertz CT molecular complexity index is 486. The van der Waals surface area contributed by atoms with Gasteiger partial charge in [0.05, 0.1) is 15.8 Å². The first-order chi connectivity index (χ1) is 10.2. The lowest BCUT2D eigenvalue weighted by Crippen LogP contribution is -2.30. The normalized spacial score (nSPS) is 21.5. The van der Waals surface area contributed by atoms with Crippen LogP contribution in [0.25, 0.3) is 0 Å². The highest BCUT2D eigenvalue weighted by Gasteiger charge is 2.30. The number of anilines is 1. The molecule has 0 N–H and O–H groups in total. The van der Waals surface area contributed by atoms with Gasteiger partial charge in [0, 0.05) is 38.5 Å². The largest absolute Gasteiger partial charge is 0.330 e. The Morgan fingerprint density at radius 3 is 3.00 bits per heavy atom. The van der Waals surface area contributed by atoms with E-state index in [4.69, 9.17) is 4.18 Å². The van der Waals surface area contributed by atoms with Gasteiger partial charge in [0.15, 0.2) is 0 Å². The molecule has 0 bridgehead atoms. The van der Waals surface area contributed by atoms with Crippen LogP contribution in [-0.4, -0.2) is 22.6 Å². The molecule has 21 heavy (non-hydrogen) atoms. The number of nitrogens with zero attached hydrogens (tertiary/aromatic N) is 3. The Morgan fingerprint density at radius 2 is 2.33 bits per heavy atom. The van der Waals surface area contributed by atoms with Crippen LogP contribution < -0.4 is 4.90 Å². The minimum absolute atomic E-state index is 0.466. The SMILES string of the molecule is C=CN(c1ncnc(CC)c1C)C1CCC(COSI)C1. The van der Waals surface area contributed by atoms with Crippen molar-refractivity contribution < 1.29 is 4.18 Å². The summed E-state index contributed by atoms with van der Waals surface area (Å²) in [4.78, 5) is 11.1. The number of aryl methyl sites for hydroxylation is 1. The standard InChI is InChI=1S/C15H22IN3OS/c1-4-14-11(3)15(18-10-17-14)19(5-2)13-7-6-12(8-13)9-20-21-16/h5,10,12-13H,2,4,6-9H2,1,3H3. The summed E-state index contributed by atoms with van der Waals surface area (Å²) in [5, 5.41) is 0. The van der Waals surface area contributed by atoms with E-state index in [1.807, 2.05) is 6.20 Å². The van der Waals surface area contributed by atoms with Gasteiger partial charge in [-0.15, -0.1) is 0 Å². The van der Waals surface area contributed by atoms with Gasteiger partial charge >= 0.3 is 0 Å². The predicted molar refractivity (Wildman–Crippen MR) is 97.5 cm³/mol. The van der Waals surface area contributed by atoms with Crippen LogP contribution in [0.2, 0.25) is 0 Å². The topological polar surface area (TPSA) is 38.2 Å². The fraction of sp³-hybridized carbons (Fsp3) is 0.600. The van der Waals surface area contributed by atoms with E-state index in [2.05, 4.69) is 56.5 Å². The van der Waals surface area contributed by atoms with E-state index in [0.717, 1.165) is 37.4 Å².